The van der Waals surface area contributed by atoms with E-state index in [9.17, 15) is 9.59 Å². The molecule has 0 aromatic rings. The van der Waals surface area contributed by atoms with E-state index in [-0.39, 0.29) is 25.1 Å². The van der Waals surface area contributed by atoms with E-state index in [2.05, 4.69) is 12.2 Å². The zero-order chi connectivity index (χ0) is 13.5. The van der Waals surface area contributed by atoms with Crippen molar-refractivity contribution < 1.29 is 19.8 Å². The van der Waals surface area contributed by atoms with Crippen molar-refractivity contribution in [2.45, 2.75) is 51.1 Å². The first-order chi connectivity index (χ1) is 8.60. The Balaban J connectivity index is 2.50. The molecule has 0 aromatic heterocycles. The number of nitrogens with zero attached hydrogens (tertiary/aromatic N) is 1. The number of carbonyl (C=O) groups is 2. The summed E-state index contributed by atoms with van der Waals surface area (Å²) in [6, 6.07) is -1.07. The lowest BCUT2D eigenvalue weighted by Gasteiger charge is -2.24. The zero-order valence-electron chi connectivity index (χ0n) is 10.8. The quantitative estimate of drug-likeness (QED) is 0.600. The summed E-state index contributed by atoms with van der Waals surface area (Å²) in [5.74, 6) is -1.11. The maximum atomic E-state index is 12.0. The van der Waals surface area contributed by atoms with Gasteiger partial charge in [-0.1, -0.05) is 13.3 Å². The molecular formula is C12H22N2O4. The van der Waals surface area contributed by atoms with E-state index in [0.717, 1.165) is 25.7 Å². The Kier molecular flexibility index (Phi) is 5.91. The molecule has 1 aliphatic rings. The normalized spacial score (nSPS) is 16.1. The molecule has 0 heterocycles. The molecule has 1 atom stereocenters. The van der Waals surface area contributed by atoms with Gasteiger partial charge in [0.25, 0.3) is 0 Å². The lowest BCUT2D eigenvalue weighted by atomic mass is 10.2. The van der Waals surface area contributed by atoms with Crippen LogP contribution in [0.25, 0.3) is 0 Å². The van der Waals surface area contributed by atoms with Crippen LogP contribution >= 0.6 is 0 Å². The Morgan fingerprint density at radius 3 is 2.56 bits per heavy atom. The molecule has 2 amide bonds. The van der Waals surface area contributed by atoms with Crippen LogP contribution in [0.15, 0.2) is 0 Å². The van der Waals surface area contributed by atoms with Gasteiger partial charge in [-0.05, 0) is 19.3 Å². The van der Waals surface area contributed by atoms with E-state index in [1.54, 1.807) is 4.90 Å². The van der Waals surface area contributed by atoms with Crippen molar-refractivity contribution in [1.82, 2.24) is 10.2 Å². The van der Waals surface area contributed by atoms with Crippen LogP contribution in [0, 0.1) is 0 Å². The fourth-order valence-corrected chi connectivity index (χ4v) is 1.78. The Bertz CT molecular complexity index is 292. The maximum Gasteiger partial charge on any atom is 0.326 e. The van der Waals surface area contributed by atoms with Crippen molar-refractivity contribution in [2.24, 2.45) is 0 Å². The second-order valence-electron chi connectivity index (χ2n) is 4.63. The Morgan fingerprint density at radius 2 is 2.11 bits per heavy atom. The second-order valence-corrected chi connectivity index (χ2v) is 4.63. The number of hydrogen-bond acceptors (Lipinski definition) is 3. The molecule has 3 N–H and O–H groups in total. The van der Waals surface area contributed by atoms with Crippen molar-refractivity contribution in [3.63, 3.8) is 0 Å². The van der Waals surface area contributed by atoms with Crippen molar-refractivity contribution >= 4 is 12.0 Å². The number of amides is 2. The number of carboxylic acids is 1. The molecule has 18 heavy (non-hydrogen) atoms. The minimum atomic E-state index is -1.11. The van der Waals surface area contributed by atoms with Gasteiger partial charge in [0.1, 0.15) is 6.04 Å². The molecule has 1 saturated carbocycles. The fourth-order valence-electron chi connectivity index (χ4n) is 1.78. The zero-order valence-corrected chi connectivity index (χ0v) is 10.8. The highest BCUT2D eigenvalue weighted by Gasteiger charge is 2.33. The molecule has 0 bridgehead atoms. The summed E-state index contributed by atoms with van der Waals surface area (Å²) < 4.78 is 0. The predicted molar refractivity (Wildman–Crippen MR) is 66.3 cm³/mol. The maximum absolute atomic E-state index is 12.0. The highest BCUT2D eigenvalue weighted by molar-refractivity contribution is 5.82. The van der Waals surface area contributed by atoms with Gasteiger partial charge in [-0.15, -0.1) is 0 Å². The molecule has 0 spiro atoms. The first-order valence-electron chi connectivity index (χ1n) is 6.51. The van der Waals surface area contributed by atoms with Crippen LogP contribution in [-0.4, -0.2) is 52.3 Å². The van der Waals surface area contributed by atoms with E-state index >= 15 is 0 Å². The lowest BCUT2D eigenvalue weighted by Crippen LogP contribution is -2.49. The van der Waals surface area contributed by atoms with Gasteiger partial charge in [0, 0.05) is 25.6 Å². The number of nitrogens with one attached hydrogen (secondary N) is 1. The highest BCUT2D eigenvalue weighted by Crippen LogP contribution is 2.27. The average molecular weight is 258 g/mol. The molecule has 0 aliphatic heterocycles. The second kappa shape index (κ2) is 7.20. The number of carbonyl (C=O) groups excluding carboxylic acids is 1. The van der Waals surface area contributed by atoms with Crippen LogP contribution in [0.3, 0.4) is 0 Å². The van der Waals surface area contributed by atoms with Crippen molar-refractivity contribution in [3.05, 3.63) is 0 Å². The molecule has 0 radical (unpaired) electrons. The number of aliphatic hydroxyl groups excluding tert-OH is 1. The third kappa shape index (κ3) is 4.52. The molecule has 6 nitrogen and oxygen atoms in total. The van der Waals surface area contributed by atoms with Crippen molar-refractivity contribution in [3.8, 4) is 0 Å². The molecule has 1 rings (SSSR count). The molecule has 0 saturated heterocycles. The summed E-state index contributed by atoms with van der Waals surface area (Å²) in [6.07, 6.45) is 3.94. The predicted octanol–water partition coefficient (Wildman–Crippen LogP) is 0.796. The van der Waals surface area contributed by atoms with Gasteiger partial charge in [0.2, 0.25) is 0 Å². The Labute approximate surface area is 107 Å². The largest absolute Gasteiger partial charge is 0.480 e. The van der Waals surface area contributed by atoms with Crippen molar-refractivity contribution in [2.75, 3.05) is 13.2 Å². The minimum absolute atomic E-state index is 0.0351. The summed E-state index contributed by atoms with van der Waals surface area (Å²) >= 11 is 0. The average Bonchev–Trinajstić information content (AvgIpc) is 3.13. The topological polar surface area (TPSA) is 89.9 Å². The number of hydrogen-bond donors (Lipinski definition) is 3. The van der Waals surface area contributed by atoms with Crippen LogP contribution in [-0.2, 0) is 4.79 Å². The summed E-state index contributed by atoms with van der Waals surface area (Å²) in [5.41, 5.74) is 0. The lowest BCUT2D eigenvalue weighted by molar-refractivity contribution is -0.139. The number of aliphatic hydroxyl groups is 1. The van der Waals surface area contributed by atoms with Crippen LogP contribution in [0.2, 0.25) is 0 Å². The van der Waals surface area contributed by atoms with E-state index in [4.69, 9.17) is 10.2 Å². The summed E-state index contributed by atoms with van der Waals surface area (Å²) in [4.78, 5) is 24.6. The monoisotopic (exact) mass is 258 g/mol. The van der Waals surface area contributed by atoms with Crippen LogP contribution < -0.4 is 5.32 Å². The molecule has 0 unspecified atom stereocenters. The van der Waals surface area contributed by atoms with Gasteiger partial charge in [-0.2, -0.15) is 0 Å². The number of rotatable bonds is 8. The van der Waals surface area contributed by atoms with E-state index < -0.39 is 12.0 Å². The highest BCUT2D eigenvalue weighted by atomic mass is 16.4. The van der Waals surface area contributed by atoms with Gasteiger partial charge in [0.05, 0.1) is 0 Å². The van der Waals surface area contributed by atoms with Gasteiger partial charge in [-0.25, -0.2) is 9.59 Å². The minimum Gasteiger partial charge on any atom is -0.480 e. The first-order valence-corrected chi connectivity index (χ1v) is 6.51. The molecule has 6 heteroatoms. The summed E-state index contributed by atoms with van der Waals surface area (Å²) in [6.45, 7) is 2.46. The van der Waals surface area contributed by atoms with Crippen LogP contribution in [0.4, 0.5) is 4.79 Å². The number of aliphatic carboxylic acids is 1. The molecule has 1 fully saturated rings. The SMILES string of the molecule is CCCCN(C(=O)N[C@@H](CCO)C(=O)O)C1CC1. The fraction of sp³-hybridized carbons (Fsp3) is 0.833. The number of urea groups is 1. The molecule has 1 aliphatic carbocycles. The standard InChI is InChI=1S/C12H22N2O4/c1-2-3-7-14(9-4-5-9)12(18)13-10(6-8-15)11(16)17/h9-10,15H,2-8H2,1H3,(H,13,18)(H,16,17)/t10-/m0/s1. The third-order valence-corrected chi connectivity index (χ3v) is 3.01. The van der Waals surface area contributed by atoms with Gasteiger partial charge in [-0.3, -0.25) is 0 Å². The molecular weight excluding hydrogens is 236 g/mol. The van der Waals surface area contributed by atoms with Crippen LogP contribution in [0.5, 0.6) is 0 Å². The third-order valence-electron chi connectivity index (χ3n) is 3.01. The Morgan fingerprint density at radius 1 is 1.44 bits per heavy atom. The number of unbranched alkanes of at least 4 members (excludes halogenated alkanes) is 1. The van der Waals surface area contributed by atoms with Crippen molar-refractivity contribution in [1.29, 1.82) is 0 Å². The molecule has 0 aromatic carbocycles. The molecule has 104 valence electrons. The van der Waals surface area contributed by atoms with Crippen LogP contribution in [0.1, 0.15) is 39.0 Å². The number of carboxylic acid groups (broad SMARTS) is 1. The summed E-state index contributed by atoms with van der Waals surface area (Å²) in [7, 11) is 0. The first kappa shape index (κ1) is 14.8. The van der Waals surface area contributed by atoms with E-state index in [0.29, 0.717) is 6.54 Å². The Hall–Kier alpha value is -1.30. The summed E-state index contributed by atoms with van der Waals surface area (Å²) in [5, 5.41) is 20.2. The van der Waals surface area contributed by atoms with Gasteiger partial charge >= 0.3 is 12.0 Å². The van der Waals surface area contributed by atoms with E-state index in [1.807, 2.05) is 0 Å². The van der Waals surface area contributed by atoms with Gasteiger partial charge in [0.15, 0.2) is 0 Å². The van der Waals surface area contributed by atoms with E-state index in [1.165, 1.54) is 0 Å². The van der Waals surface area contributed by atoms with Gasteiger partial charge < -0.3 is 20.4 Å². The smallest absolute Gasteiger partial charge is 0.326 e.